The molecule has 3 N–H and O–H groups in total. The Morgan fingerprint density at radius 1 is 1.50 bits per heavy atom. The molecule has 0 radical (unpaired) electrons. The summed E-state index contributed by atoms with van der Waals surface area (Å²) in [4.78, 5) is 0. The van der Waals surface area contributed by atoms with Gasteiger partial charge in [-0.1, -0.05) is 27.7 Å². The SMILES string of the molecule is CC(CC(NN)C1=COCCC1)C(C)(C)C. The maximum atomic E-state index is 5.65. The van der Waals surface area contributed by atoms with Gasteiger partial charge in [0.2, 0.25) is 0 Å². The Hall–Kier alpha value is -0.540. The molecule has 0 bridgehead atoms. The number of rotatable bonds is 4. The number of hydrogen-bond acceptors (Lipinski definition) is 3. The predicted octanol–water partition coefficient (Wildman–Crippen LogP) is 2.58. The molecule has 0 saturated carbocycles. The topological polar surface area (TPSA) is 47.3 Å². The van der Waals surface area contributed by atoms with Crippen molar-refractivity contribution in [3.05, 3.63) is 11.8 Å². The first kappa shape index (κ1) is 13.5. The third kappa shape index (κ3) is 3.80. The van der Waals surface area contributed by atoms with Crippen molar-refractivity contribution in [2.45, 2.75) is 53.0 Å². The van der Waals surface area contributed by atoms with Crippen molar-refractivity contribution in [2.24, 2.45) is 17.2 Å². The Morgan fingerprint density at radius 2 is 2.19 bits per heavy atom. The summed E-state index contributed by atoms with van der Waals surface area (Å²) in [7, 11) is 0. The highest BCUT2D eigenvalue weighted by Gasteiger charge is 2.25. The average Bonchev–Trinajstić information content (AvgIpc) is 2.25. The number of hydrazine groups is 1. The van der Waals surface area contributed by atoms with E-state index in [-0.39, 0.29) is 6.04 Å². The Labute approximate surface area is 99.4 Å². The largest absolute Gasteiger partial charge is 0.501 e. The lowest BCUT2D eigenvalue weighted by Crippen LogP contribution is -2.40. The predicted molar refractivity (Wildman–Crippen MR) is 67.6 cm³/mol. The molecule has 3 nitrogen and oxygen atoms in total. The Balaban J connectivity index is 2.58. The van der Waals surface area contributed by atoms with E-state index < -0.39 is 0 Å². The van der Waals surface area contributed by atoms with Gasteiger partial charge in [0.1, 0.15) is 0 Å². The molecule has 94 valence electrons. The van der Waals surface area contributed by atoms with Crippen molar-refractivity contribution in [1.82, 2.24) is 5.43 Å². The summed E-state index contributed by atoms with van der Waals surface area (Å²) >= 11 is 0. The van der Waals surface area contributed by atoms with Crippen LogP contribution in [0.2, 0.25) is 0 Å². The molecule has 1 aliphatic rings. The fourth-order valence-electron chi connectivity index (χ4n) is 1.87. The van der Waals surface area contributed by atoms with E-state index in [1.54, 1.807) is 0 Å². The van der Waals surface area contributed by atoms with Gasteiger partial charge in [0.25, 0.3) is 0 Å². The molecule has 0 aromatic heterocycles. The van der Waals surface area contributed by atoms with Crippen LogP contribution >= 0.6 is 0 Å². The summed E-state index contributed by atoms with van der Waals surface area (Å²) in [5, 5.41) is 0. The molecule has 0 spiro atoms. The first-order valence-electron chi connectivity index (χ1n) is 6.22. The zero-order valence-corrected chi connectivity index (χ0v) is 11.0. The fourth-order valence-corrected chi connectivity index (χ4v) is 1.87. The first-order valence-corrected chi connectivity index (χ1v) is 6.22. The zero-order valence-electron chi connectivity index (χ0n) is 11.0. The Kier molecular flexibility index (Phi) is 4.81. The molecule has 2 unspecified atom stereocenters. The molecule has 16 heavy (non-hydrogen) atoms. The van der Waals surface area contributed by atoms with E-state index in [1.807, 2.05) is 6.26 Å². The summed E-state index contributed by atoms with van der Waals surface area (Å²) in [6.45, 7) is 9.95. The van der Waals surface area contributed by atoms with Crippen molar-refractivity contribution < 1.29 is 4.74 Å². The van der Waals surface area contributed by atoms with Crippen LogP contribution in [-0.4, -0.2) is 12.6 Å². The van der Waals surface area contributed by atoms with Crippen molar-refractivity contribution in [2.75, 3.05) is 6.61 Å². The van der Waals surface area contributed by atoms with Crippen LogP contribution in [0.1, 0.15) is 47.0 Å². The zero-order chi connectivity index (χ0) is 12.2. The number of nitrogens with two attached hydrogens (primary N) is 1. The number of nitrogens with one attached hydrogen (secondary N) is 1. The van der Waals surface area contributed by atoms with E-state index in [2.05, 4.69) is 33.1 Å². The van der Waals surface area contributed by atoms with Gasteiger partial charge >= 0.3 is 0 Å². The van der Waals surface area contributed by atoms with E-state index in [1.165, 1.54) is 5.57 Å². The summed E-state index contributed by atoms with van der Waals surface area (Å²) in [6, 6.07) is 0.259. The molecule has 0 aromatic rings. The van der Waals surface area contributed by atoms with Gasteiger partial charge < -0.3 is 4.74 Å². The van der Waals surface area contributed by atoms with Gasteiger partial charge in [0.15, 0.2) is 0 Å². The molecule has 3 heteroatoms. The van der Waals surface area contributed by atoms with E-state index in [0.717, 1.165) is 25.9 Å². The van der Waals surface area contributed by atoms with Crippen molar-refractivity contribution in [3.63, 3.8) is 0 Å². The Morgan fingerprint density at radius 3 is 2.62 bits per heavy atom. The van der Waals surface area contributed by atoms with Gasteiger partial charge in [0.05, 0.1) is 12.9 Å². The molecule has 2 atom stereocenters. The first-order chi connectivity index (χ1) is 7.45. The van der Waals surface area contributed by atoms with Gasteiger partial charge in [-0.25, -0.2) is 0 Å². The van der Waals surface area contributed by atoms with Crippen LogP contribution in [0.4, 0.5) is 0 Å². The van der Waals surface area contributed by atoms with Crippen LogP contribution in [0.15, 0.2) is 11.8 Å². The third-order valence-corrected chi connectivity index (χ3v) is 3.68. The average molecular weight is 226 g/mol. The van der Waals surface area contributed by atoms with Crippen molar-refractivity contribution >= 4 is 0 Å². The van der Waals surface area contributed by atoms with Crippen LogP contribution in [0, 0.1) is 11.3 Å². The normalized spacial score (nSPS) is 20.9. The highest BCUT2D eigenvalue weighted by Crippen LogP contribution is 2.31. The standard InChI is InChI=1S/C13H26N2O/c1-10(13(2,3)4)8-12(15-14)11-6-5-7-16-9-11/h9-10,12,15H,5-8,14H2,1-4H3. The molecule has 1 aliphatic heterocycles. The monoisotopic (exact) mass is 226 g/mol. The van der Waals surface area contributed by atoms with Crippen LogP contribution in [0.25, 0.3) is 0 Å². The molecule has 1 heterocycles. The minimum absolute atomic E-state index is 0.259. The third-order valence-electron chi connectivity index (χ3n) is 3.68. The second kappa shape index (κ2) is 5.69. The van der Waals surface area contributed by atoms with Gasteiger partial charge in [-0.05, 0) is 36.2 Å². The fraction of sp³-hybridized carbons (Fsp3) is 0.846. The van der Waals surface area contributed by atoms with Crippen molar-refractivity contribution in [1.29, 1.82) is 0 Å². The van der Waals surface area contributed by atoms with E-state index >= 15 is 0 Å². The lowest BCUT2D eigenvalue weighted by molar-refractivity contribution is 0.203. The Bertz CT molecular complexity index is 243. The summed E-state index contributed by atoms with van der Waals surface area (Å²) in [5.41, 5.74) is 4.56. The summed E-state index contributed by atoms with van der Waals surface area (Å²) in [6.07, 6.45) is 5.16. The molecule has 0 aliphatic carbocycles. The molecule has 0 aromatic carbocycles. The quantitative estimate of drug-likeness (QED) is 0.572. The summed E-state index contributed by atoms with van der Waals surface area (Å²) < 4.78 is 5.37. The molecular formula is C13H26N2O. The molecule has 0 saturated heterocycles. The minimum Gasteiger partial charge on any atom is -0.501 e. The molecule has 1 rings (SSSR count). The second-order valence-corrected chi connectivity index (χ2v) is 5.89. The number of ether oxygens (including phenoxy) is 1. The molecule has 0 fully saturated rings. The van der Waals surface area contributed by atoms with Gasteiger partial charge in [-0.2, -0.15) is 0 Å². The van der Waals surface area contributed by atoms with Gasteiger partial charge in [-0.15, -0.1) is 0 Å². The number of hydrogen-bond donors (Lipinski definition) is 2. The summed E-state index contributed by atoms with van der Waals surface area (Å²) in [5.74, 6) is 6.27. The van der Waals surface area contributed by atoms with Crippen molar-refractivity contribution in [3.8, 4) is 0 Å². The van der Waals surface area contributed by atoms with E-state index in [0.29, 0.717) is 11.3 Å². The lowest BCUT2D eigenvalue weighted by atomic mass is 9.77. The van der Waals surface area contributed by atoms with E-state index in [4.69, 9.17) is 10.6 Å². The highest BCUT2D eigenvalue weighted by molar-refractivity contribution is 5.10. The molecular weight excluding hydrogens is 200 g/mol. The maximum absolute atomic E-state index is 5.65. The van der Waals surface area contributed by atoms with E-state index in [9.17, 15) is 0 Å². The van der Waals surface area contributed by atoms with Crippen LogP contribution in [0.3, 0.4) is 0 Å². The van der Waals surface area contributed by atoms with Gasteiger partial charge in [-0.3, -0.25) is 11.3 Å². The molecule has 0 amide bonds. The smallest absolute Gasteiger partial charge is 0.0876 e. The minimum atomic E-state index is 0.259. The highest BCUT2D eigenvalue weighted by atomic mass is 16.5. The van der Waals surface area contributed by atoms with Crippen LogP contribution < -0.4 is 11.3 Å². The van der Waals surface area contributed by atoms with Gasteiger partial charge in [0, 0.05) is 6.04 Å². The second-order valence-electron chi connectivity index (χ2n) is 5.89. The lowest BCUT2D eigenvalue weighted by Gasteiger charge is -2.32. The van der Waals surface area contributed by atoms with Crippen LogP contribution in [-0.2, 0) is 4.74 Å². The maximum Gasteiger partial charge on any atom is 0.0876 e. The van der Waals surface area contributed by atoms with Crippen LogP contribution in [0.5, 0.6) is 0 Å².